The first-order valence-electron chi connectivity index (χ1n) is 8.84. The van der Waals surface area contributed by atoms with E-state index < -0.39 is 0 Å². The zero-order valence-corrected chi connectivity index (χ0v) is 14.6. The molecule has 1 saturated heterocycles. The molecule has 2 bridgehead atoms. The van der Waals surface area contributed by atoms with Crippen molar-refractivity contribution in [1.29, 1.82) is 0 Å². The van der Waals surface area contributed by atoms with Crippen molar-refractivity contribution in [1.82, 2.24) is 5.32 Å². The van der Waals surface area contributed by atoms with E-state index in [0.29, 0.717) is 6.61 Å². The highest BCUT2D eigenvalue weighted by Crippen LogP contribution is 2.57. The van der Waals surface area contributed by atoms with Gasteiger partial charge in [0.1, 0.15) is 0 Å². The molecule has 4 fully saturated rings. The second-order valence-corrected chi connectivity index (χ2v) is 8.32. The van der Waals surface area contributed by atoms with Crippen LogP contribution in [0.25, 0.3) is 0 Å². The molecule has 0 radical (unpaired) electrons. The minimum atomic E-state index is -0.322. The molecule has 5 nitrogen and oxygen atoms in total. The van der Waals surface area contributed by atoms with E-state index in [1.807, 2.05) is 0 Å². The van der Waals surface area contributed by atoms with Gasteiger partial charge in [0, 0.05) is 18.1 Å². The third-order valence-corrected chi connectivity index (χ3v) is 6.38. The molecule has 4 rings (SSSR count). The second-order valence-electron chi connectivity index (χ2n) is 8.32. The third kappa shape index (κ3) is 3.00. The highest BCUT2D eigenvalue weighted by Gasteiger charge is 2.56. The van der Waals surface area contributed by atoms with Crippen LogP contribution in [-0.2, 0) is 19.1 Å². The Kier molecular flexibility index (Phi) is 4.20. The molecule has 0 aromatic heterocycles. The average Bonchev–Trinajstić information content (AvgIpc) is 2.54. The van der Waals surface area contributed by atoms with Crippen LogP contribution in [-0.4, -0.2) is 37.2 Å². The standard InChI is InChI=1S/C18H29NO4/c1-16(2)12-13(4-11-23-16)19-14(20)17-5-8-18(9-6-17,10-7-17)15(21)22-3/h13H,4-12H2,1-3H3,(H,19,20)/t13-,17?,18?/m0/s1. The molecule has 3 saturated carbocycles. The lowest BCUT2D eigenvalue weighted by molar-refractivity contribution is -0.167. The van der Waals surface area contributed by atoms with E-state index in [1.54, 1.807) is 0 Å². The molecule has 1 N–H and O–H groups in total. The minimum absolute atomic E-state index is 0.0858. The van der Waals surface area contributed by atoms with Gasteiger partial charge in [0.25, 0.3) is 0 Å². The Bertz CT molecular complexity index is 475. The molecule has 1 heterocycles. The summed E-state index contributed by atoms with van der Waals surface area (Å²) in [5, 5.41) is 3.28. The SMILES string of the molecule is COC(=O)C12CCC(C(=O)N[C@H]3CCOC(C)(C)C3)(CC1)CC2. The molecule has 3 aliphatic carbocycles. The summed E-state index contributed by atoms with van der Waals surface area (Å²) >= 11 is 0. The molecule has 1 atom stereocenters. The number of fused-ring (bicyclic) bond motifs is 3. The highest BCUT2D eigenvalue weighted by atomic mass is 16.5. The molecular formula is C18H29NO4. The highest BCUT2D eigenvalue weighted by molar-refractivity contribution is 5.85. The van der Waals surface area contributed by atoms with Crippen LogP contribution in [0.15, 0.2) is 0 Å². The summed E-state index contributed by atoms with van der Waals surface area (Å²) in [5.41, 5.74) is -0.747. The summed E-state index contributed by atoms with van der Waals surface area (Å²) in [5.74, 6) is 0.107. The zero-order chi connectivity index (χ0) is 16.7. The maximum absolute atomic E-state index is 12.9. The zero-order valence-electron chi connectivity index (χ0n) is 14.6. The number of carbonyl (C=O) groups is 2. The van der Waals surface area contributed by atoms with Crippen LogP contribution in [0, 0.1) is 10.8 Å². The van der Waals surface area contributed by atoms with Crippen molar-refractivity contribution in [3.63, 3.8) is 0 Å². The van der Waals surface area contributed by atoms with Crippen LogP contribution >= 0.6 is 0 Å². The van der Waals surface area contributed by atoms with Gasteiger partial charge in [-0.15, -0.1) is 0 Å². The van der Waals surface area contributed by atoms with Gasteiger partial charge in [-0.25, -0.2) is 0 Å². The number of amides is 1. The van der Waals surface area contributed by atoms with Crippen LogP contribution in [0.1, 0.15) is 65.2 Å². The lowest BCUT2D eigenvalue weighted by atomic mass is 9.53. The van der Waals surface area contributed by atoms with Crippen molar-refractivity contribution < 1.29 is 19.1 Å². The predicted molar refractivity (Wildman–Crippen MR) is 85.8 cm³/mol. The van der Waals surface area contributed by atoms with Crippen molar-refractivity contribution in [2.24, 2.45) is 10.8 Å². The molecule has 4 aliphatic rings. The van der Waals surface area contributed by atoms with E-state index in [1.165, 1.54) is 7.11 Å². The fourth-order valence-electron chi connectivity index (χ4n) is 4.74. The number of methoxy groups -OCH3 is 1. The topological polar surface area (TPSA) is 64.6 Å². The molecule has 1 amide bonds. The van der Waals surface area contributed by atoms with Crippen LogP contribution in [0.3, 0.4) is 0 Å². The molecule has 1 aliphatic heterocycles. The number of nitrogens with one attached hydrogen (secondary N) is 1. The molecule has 0 spiro atoms. The van der Waals surface area contributed by atoms with Crippen molar-refractivity contribution >= 4 is 11.9 Å². The number of hydrogen-bond acceptors (Lipinski definition) is 4. The summed E-state index contributed by atoms with van der Waals surface area (Å²) < 4.78 is 10.7. The van der Waals surface area contributed by atoms with Gasteiger partial charge in [0.05, 0.1) is 18.1 Å². The lowest BCUT2D eigenvalue weighted by Crippen LogP contribution is -2.55. The van der Waals surface area contributed by atoms with Gasteiger partial charge >= 0.3 is 5.97 Å². The van der Waals surface area contributed by atoms with Crippen LogP contribution < -0.4 is 5.32 Å². The van der Waals surface area contributed by atoms with E-state index >= 15 is 0 Å². The number of esters is 1. The molecule has 130 valence electrons. The predicted octanol–water partition coefficient (Wildman–Crippen LogP) is 2.57. The largest absolute Gasteiger partial charge is 0.469 e. The van der Waals surface area contributed by atoms with Crippen molar-refractivity contribution in [2.45, 2.75) is 76.9 Å². The Morgan fingerprint density at radius 2 is 1.61 bits per heavy atom. The summed E-state index contributed by atoms with van der Waals surface area (Å²) in [6, 6.07) is 0.204. The Hall–Kier alpha value is -1.10. The summed E-state index contributed by atoms with van der Waals surface area (Å²) in [7, 11) is 1.47. The van der Waals surface area contributed by atoms with Crippen LogP contribution in [0.4, 0.5) is 0 Å². The lowest BCUT2D eigenvalue weighted by Gasteiger charge is -2.51. The van der Waals surface area contributed by atoms with Gasteiger partial charge in [-0.2, -0.15) is 0 Å². The van der Waals surface area contributed by atoms with Gasteiger partial charge in [0.2, 0.25) is 5.91 Å². The molecular weight excluding hydrogens is 294 g/mol. The van der Waals surface area contributed by atoms with E-state index in [4.69, 9.17) is 9.47 Å². The quantitative estimate of drug-likeness (QED) is 0.811. The Labute approximate surface area is 138 Å². The van der Waals surface area contributed by atoms with Gasteiger partial charge in [-0.3, -0.25) is 9.59 Å². The van der Waals surface area contributed by atoms with E-state index in [2.05, 4.69) is 19.2 Å². The van der Waals surface area contributed by atoms with E-state index in [9.17, 15) is 9.59 Å². The Morgan fingerprint density at radius 1 is 1.04 bits per heavy atom. The monoisotopic (exact) mass is 323 g/mol. The smallest absolute Gasteiger partial charge is 0.311 e. The van der Waals surface area contributed by atoms with Gasteiger partial charge in [-0.05, 0) is 65.2 Å². The summed E-state index contributed by atoms with van der Waals surface area (Å²) in [4.78, 5) is 25.0. The number of rotatable bonds is 3. The Balaban J connectivity index is 1.62. The third-order valence-electron chi connectivity index (χ3n) is 6.38. The molecule has 0 aromatic rings. The summed E-state index contributed by atoms with van der Waals surface area (Å²) in [6.07, 6.45) is 6.52. The van der Waals surface area contributed by atoms with E-state index in [-0.39, 0.29) is 34.3 Å². The first kappa shape index (κ1) is 16.7. The van der Waals surface area contributed by atoms with Gasteiger partial charge < -0.3 is 14.8 Å². The maximum Gasteiger partial charge on any atom is 0.311 e. The first-order valence-corrected chi connectivity index (χ1v) is 8.84. The van der Waals surface area contributed by atoms with E-state index in [0.717, 1.165) is 51.4 Å². The number of hydrogen-bond donors (Lipinski definition) is 1. The average molecular weight is 323 g/mol. The molecule has 23 heavy (non-hydrogen) atoms. The fraction of sp³-hybridized carbons (Fsp3) is 0.889. The minimum Gasteiger partial charge on any atom is -0.469 e. The molecule has 5 heteroatoms. The normalized spacial score (nSPS) is 38.8. The fourth-order valence-corrected chi connectivity index (χ4v) is 4.74. The van der Waals surface area contributed by atoms with Crippen molar-refractivity contribution in [2.75, 3.05) is 13.7 Å². The second kappa shape index (κ2) is 5.76. The molecule has 0 aromatic carbocycles. The van der Waals surface area contributed by atoms with Crippen LogP contribution in [0.5, 0.6) is 0 Å². The van der Waals surface area contributed by atoms with Gasteiger partial charge in [-0.1, -0.05) is 0 Å². The van der Waals surface area contributed by atoms with Crippen LogP contribution in [0.2, 0.25) is 0 Å². The first-order chi connectivity index (χ1) is 10.8. The maximum atomic E-state index is 12.9. The van der Waals surface area contributed by atoms with Crippen molar-refractivity contribution in [3.8, 4) is 0 Å². The number of ether oxygens (including phenoxy) is 2. The van der Waals surface area contributed by atoms with Gasteiger partial charge in [0.15, 0.2) is 0 Å². The number of carbonyl (C=O) groups excluding carboxylic acids is 2. The Morgan fingerprint density at radius 3 is 2.13 bits per heavy atom. The molecule has 0 unspecified atom stereocenters. The van der Waals surface area contributed by atoms with Crippen molar-refractivity contribution in [3.05, 3.63) is 0 Å². The summed E-state index contributed by atoms with van der Waals surface area (Å²) in [6.45, 7) is 4.86.